The summed E-state index contributed by atoms with van der Waals surface area (Å²) in [6, 6.07) is 29.0. The van der Waals surface area contributed by atoms with Crippen LogP contribution in [0.3, 0.4) is 0 Å². The first kappa shape index (κ1) is 25.7. The van der Waals surface area contributed by atoms with Gasteiger partial charge in [0.05, 0.1) is 27.3 Å². The number of ether oxygens (including phenoxy) is 2. The van der Waals surface area contributed by atoms with E-state index in [9.17, 15) is 4.79 Å². The van der Waals surface area contributed by atoms with Gasteiger partial charge in [-0.3, -0.25) is 4.79 Å². The van der Waals surface area contributed by atoms with Crippen molar-refractivity contribution in [1.29, 1.82) is 0 Å². The van der Waals surface area contributed by atoms with Gasteiger partial charge in [0.1, 0.15) is 6.61 Å². The summed E-state index contributed by atoms with van der Waals surface area (Å²) in [7, 11) is 0. The number of hydrogen-bond donors (Lipinski definition) is 0. The van der Waals surface area contributed by atoms with Crippen molar-refractivity contribution in [3.8, 4) is 22.9 Å². The molecule has 5 aromatic rings. The number of para-hydroxylation sites is 1. The van der Waals surface area contributed by atoms with E-state index in [4.69, 9.17) is 14.5 Å². The SMILES string of the molecule is CCOc1cc(C=Nn2c(-c3ccccc3)nc3ccccc3c2=O)cc(I)c1OCc1cccc(C)c1. The van der Waals surface area contributed by atoms with Crippen LogP contribution in [-0.4, -0.2) is 22.5 Å². The fourth-order valence-corrected chi connectivity index (χ4v) is 4.93. The van der Waals surface area contributed by atoms with Crippen molar-refractivity contribution in [2.24, 2.45) is 5.10 Å². The highest BCUT2D eigenvalue weighted by Gasteiger charge is 2.14. The van der Waals surface area contributed by atoms with Crippen LogP contribution in [0.25, 0.3) is 22.3 Å². The van der Waals surface area contributed by atoms with Crippen LogP contribution in [0.15, 0.2) is 101 Å². The van der Waals surface area contributed by atoms with Crippen LogP contribution in [0.4, 0.5) is 0 Å². The lowest BCUT2D eigenvalue weighted by atomic mass is 10.1. The van der Waals surface area contributed by atoms with Crippen molar-refractivity contribution in [1.82, 2.24) is 9.66 Å². The van der Waals surface area contributed by atoms with Crippen molar-refractivity contribution in [2.75, 3.05) is 6.61 Å². The minimum Gasteiger partial charge on any atom is -0.490 e. The molecule has 38 heavy (non-hydrogen) atoms. The molecular formula is C31H26IN3O3. The number of halogens is 1. The van der Waals surface area contributed by atoms with E-state index in [1.165, 1.54) is 10.2 Å². The standard InChI is InChI=1S/C31H26IN3O3/c1-3-37-28-18-23(17-26(32)29(28)38-20-22-11-9-10-21(2)16-22)19-33-35-30(24-12-5-4-6-13-24)34-27-15-8-7-14-25(27)31(35)36/h4-19H,3,20H2,1-2H3. The van der Waals surface area contributed by atoms with Crippen molar-refractivity contribution in [3.05, 3.63) is 122 Å². The Morgan fingerprint density at radius 3 is 2.53 bits per heavy atom. The molecule has 190 valence electrons. The van der Waals surface area contributed by atoms with Gasteiger partial charge in [-0.25, -0.2) is 4.98 Å². The molecule has 5 rings (SSSR count). The number of fused-ring (bicyclic) bond motifs is 1. The molecule has 0 aliphatic carbocycles. The molecule has 0 atom stereocenters. The molecule has 6 nitrogen and oxygen atoms in total. The Balaban J connectivity index is 1.53. The third-order valence-electron chi connectivity index (χ3n) is 5.91. The van der Waals surface area contributed by atoms with E-state index >= 15 is 0 Å². The Kier molecular flexibility index (Phi) is 7.83. The Hall–Kier alpha value is -3.98. The molecule has 0 saturated carbocycles. The predicted molar refractivity (Wildman–Crippen MR) is 160 cm³/mol. The molecule has 7 heteroatoms. The second-order valence-electron chi connectivity index (χ2n) is 8.72. The van der Waals surface area contributed by atoms with Crippen LogP contribution >= 0.6 is 22.6 Å². The summed E-state index contributed by atoms with van der Waals surface area (Å²) in [6.07, 6.45) is 1.65. The molecular weight excluding hydrogens is 589 g/mol. The average molecular weight is 615 g/mol. The van der Waals surface area contributed by atoms with E-state index in [0.29, 0.717) is 41.4 Å². The lowest BCUT2D eigenvalue weighted by Crippen LogP contribution is -2.20. The van der Waals surface area contributed by atoms with Gasteiger partial charge >= 0.3 is 0 Å². The van der Waals surface area contributed by atoms with E-state index in [1.54, 1.807) is 12.3 Å². The highest BCUT2D eigenvalue weighted by molar-refractivity contribution is 14.1. The predicted octanol–water partition coefficient (Wildman–Crippen LogP) is 6.84. The van der Waals surface area contributed by atoms with E-state index in [-0.39, 0.29) is 5.56 Å². The minimum absolute atomic E-state index is 0.233. The van der Waals surface area contributed by atoms with E-state index in [0.717, 1.165) is 20.3 Å². The van der Waals surface area contributed by atoms with Crippen LogP contribution in [0.2, 0.25) is 0 Å². The van der Waals surface area contributed by atoms with Crippen molar-refractivity contribution >= 4 is 39.7 Å². The van der Waals surface area contributed by atoms with Crippen LogP contribution < -0.4 is 15.0 Å². The normalized spacial score (nSPS) is 11.2. The molecule has 0 spiro atoms. The summed E-state index contributed by atoms with van der Waals surface area (Å²) in [5, 5.41) is 5.10. The van der Waals surface area contributed by atoms with Crippen molar-refractivity contribution in [2.45, 2.75) is 20.5 Å². The van der Waals surface area contributed by atoms with Crippen molar-refractivity contribution in [3.63, 3.8) is 0 Å². The number of aryl methyl sites for hydroxylation is 1. The first-order valence-corrected chi connectivity index (χ1v) is 13.4. The monoisotopic (exact) mass is 615 g/mol. The molecule has 0 fully saturated rings. The number of benzene rings is 4. The number of aromatic nitrogens is 2. The van der Waals surface area contributed by atoms with Gasteiger partial charge in [-0.15, -0.1) is 0 Å². The van der Waals surface area contributed by atoms with Crippen molar-refractivity contribution < 1.29 is 9.47 Å². The third kappa shape index (κ3) is 5.62. The van der Waals surface area contributed by atoms with Crippen LogP contribution in [0, 0.1) is 10.5 Å². The van der Waals surface area contributed by atoms with Gasteiger partial charge < -0.3 is 9.47 Å². The maximum atomic E-state index is 13.4. The summed E-state index contributed by atoms with van der Waals surface area (Å²) in [5.74, 6) is 1.78. The molecule has 0 saturated heterocycles. The quantitative estimate of drug-likeness (QED) is 0.142. The Labute approximate surface area is 234 Å². The summed E-state index contributed by atoms with van der Waals surface area (Å²) in [4.78, 5) is 18.2. The van der Waals surface area contributed by atoms with Gasteiger partial charge in [-0.1, -0.05) is 72.3 Å². The van der Waals surface area contributed by atoms with Gasteiger partial charge in [0.15, 0.2) is 17.3 Å². The molecule has 0 N–H and O–H groups in total. The fourth-order valence-electron chi connectivity index (χ4n) is 4.15. The Morgan fingerprint density at radius 1 is 0.947 bits per heavy atom. The highest BCUT2D eigenvalue weighted by atomic mass is 127. The molecule has 0 aliphatic rings. The third-order valence-corrected chi connectivity index (χ3v) is 6.71. The molecule has 0 aliphatic heterocycles. The zero-order valence-corrected chi connectivity index (χ0v) is 23.3. The van der Waals surface area contributed by atoms with Gasteiger partial charge in [0.25, 0.3) is 5.56 Å². The van der Waals surface area contributed by atoms with Gasteiger partial charge in [0.2, 0.25) is 0 Å². The zero-order valence-electron chi connectivity index (χ0n) is 21.1. The second-order valence-corrected chi connectivity index (χ2v) is 9.88. The maximum Gasteiger partial charge on any atom is 0.282 e. The maximum absolute atomic E-state index is 13.4. The molecule has 0 radical (unpaired) electrons. The molecule has 1 heterocycles. The minimum atomic E-state index is -0.233. The molecule has 0 amide bonds. The number of nitrogens with zero attached hydrogens (tertiary/aromatic N) is 3. The zero-order chi connectivity index (χ0) is 26.5. The smallest absolute Gasteiger partial charge is 0.282 e. The summed E-state index contributed by atoms with van der Waals surface area (Å²) in [6.45, 7) is 4.92. The van der Waals surface area contributed by atoms with Crippen LogP contribution in [0.5, 0.6) is 11.5 Å². The molecule has 0 bridgehead atoms. The first-order valence-electron chi connectivity index (χ1n) is 12.3. The molecule has 1 aromatic heterocycles. The van der Waals surface area contributed by atoms with E-state index in [1.807, 2.05) is 79.7 Å². The number of hydrogen-bond acceptors (Lipinski definition) is 5. The largest absolute Gasteiger partial charge is 0.490 e. The highest BCUT2D eigenvalue weighted by Crippen LogP contribution is 2.34. The topological polar surface area (TPSA) is 65.7 Å². The summed E-state index contributed by atoms with van der Waals surface area (Å²) < 4.78 is 14.3. The molecule has 4 aromatic carbocycles. The molecule has 0 unspecified atom stereocenters. The fraction of sp³-hybridized carbons (Fsp3) is 0.129. The van der Waals surface area contributed by atoms with Crippen LogP contribution in [-0.2, 0) is 6.61 Å². The van der Waals surface area contributed by atoms with Crippen LogP contribution in [0.1, 0.15) is 23.6 Å². The lowest BCUT2D eigenvalue weighted by molar-refractivity contribution is 0.267. The number of rotatable bonds is 8. The summed E-state index contributed by atoms with van der Waals surface area (Å²) in [5.41, 5.74) is 4.25. The second kappa shape index (κ2) is 11.6. The van der Waals surface area contributed by atoms with Gasteiger partial charge in [-0.05, 0) is 71.8 Å². The van der Waals surface area contributed by atoms with E-state index in [2.05, 4.69) is 46.7 Å². The Morgan fingerprint density at radius 2 is 1.74 bits per heavy atom. The van der Waals surface area contributed by atoms with Gasteiger partial charge in [0, 0.05) is 5.56 Å². The summed E-state index contributed by atoms with van der Waals surface area (Å²) >= 11 is 2.24. The van der Waals surface area contributed by atoms with Gasteiger partial charge in [-0.2, -0.15) is 9.78 Å². The first-order chi connectivity index (χ1) is 18.5. The lowest BCUT2D eigenvalue weighted by Gasteiger charge is -2.15. The Bertz CT molecular complexity index is 1680. The van der Waals surface area contributed by atoms with E-state index < -0.39 is 0 Å². The average Bonchev–Trinajstić information content (AvgIpc) is 2.93.